The van der Waals surface area contributed by atoms with Crippen LogP contribution in [0.25, 0.3) is 0 Å². The monoisotopic (exact) mass is 263 g/mol. The van der Waals surface area contributed by atoms with Gasteiger partial charge in [-0.25, -0.2) is 4.79 Å². The van der Waals surface area contributed by atoms with Crippen LogP contribution in [0.4, 0.5) is 14.6 Å². The summed E-state index contributed by atoms with van der Waals surface area (Å²) in [6.45, 7) is 0. The first-order chi connectivity index (χ1) is 8.37. The molecule has 0 radical (unpaired) electrons. The predicted octanol–water partition coefficient (Wildman–Crippen LogP) is -0.677. The Hall–Kier alpha value is -1.58. The molecule has 7 nitrogen and oxygen atoms in total. The maximum absolute atomic E-state index is 13.7. The molecule has 1 aromatic heterocycles. The molecule has 1 aromatic rings. The number of hydrogen-bond donors (Lipinski definition) is 2. The summed E-state index contributed by atoms with van der Waals surface area (Å²) in [4.78, 5) is 14.8. The number of nitrogens with zero attached hydrogens (tertiary/aromatic N) is 2. The Morgan fingerprint density at radius 1 is 1.67 bits per heavy atom. The molecule has 0 amide bonds. The molecule has 3 N–H and O–H groups in total. The van der Waals surface area contributed by atoms with Crippen molar-refractivity contribution >= 4 is 5.82 Å². The summed E-state index contributed by atoms with van der Waals surface area (Å²) < 4.78 is 37.4. The number of nitrogens with two attached hydrogens (primary N) is 1. The van der Waals surface area contributed by atoms with E-state index in [1.807, 2.05) is 0 Å². The van der Waals surface area contributed by atoms with Crippen molar-refractivity contribution in [3.63, 3.8) is 0 Å². The molecule has 100 valence electrons. The Bertz CT molecular complexity index is 507. The Morgan fingerprint density at radius 3 is 2.83 bits per heavy atom. The maximum Gasteiger partial charge on any atom is 0.351 e. The molecule has 0 saturated carbocycles. The molecule has 1 aliphatic rings. The molecule has 1 aliphatic heterocycles. The molecule has 1 saturated heterocycles. The second-order valence-corrected chi connectivity index (χ2v) is 3.75. The van der Waals surface area contributed by atoms with Gasteiger partial charge in [0.05, 0.1) is 0 Å². The lowest BCUT2D eigenvalue weighted by molar-refractivity contribution is -0.163. The molecule has 3 atom stereocenters. The van der Waals surface area contributed by atoms with Crippen molar-refractivity contribution in [3.05, 3.63) is 22.7 Å². The number of hydrogen-bond acceptors (Lipinski definition) is 6. The molecular weight excluding hydrogens is 252 g/mol. The van der Waals surface area contributed by atoms with Gasteiger partial charge in [0.15, 0.2) is 12.4 Å². The van der Waals surface area contributed by atoms with E-state index in [-0.39, 0.29) is 5.82 Å². The van der Waals surface area contributed by atoms with Crippen LogP contribution in [0.2, 0.25) is 0 Å². The van der Waals surface area contributed by atoms with Crippen LogP contribution < -0.4 is 11.4 Å². The van der Waals surface area contributed by atoms with Crippen molar-refractivity contribution in [2.75, 3.05) is 12.8 Å². The van der Waals surface area contributed by atoms with Crippen LogP contribution in [0.1, 0.15) is 6.23 Å². The van der Waals surface area contributed by atoms with Gasteiger partial charge in [-0.15, -0.1) is 0 Å². The van der Waals surface area contributed by atoms with E-state index in [1.165, 1.54) is 6.07 Å². The standard InChI is InChI=1S/C9H11F2N3O4/c1-17-6-5(15)9(10,11)7(18-6)14-3-2-4(12)13-8(14)16/h2-3,5-7,15H,1H3,(H2,12,13,16). The maximum atomic E-state index is 13.7. The van der Waals surface area contributed by atoms with Gasteiger partial charge >= 0.3 is 11.6 Å². The summed E-state index contributed by atoms with van der Waals surface area (Å²) in [7, 11) is 1.11. The molecule has 9 heteroatoms. The van der Waals surface area contributed by atoms with Crippen LogP contribution in [-0.4, -0.2) is 40.1 Å². The number of aliphatic hydroxyl groups is 1. The van der Waals surface area contributed by atoms with Crippen molar-refractivity contribution in [2.24, 2.45) is 0 Å². The number of alkyl halides is 2. The molecule has 0 spiro atoms. The minimum absolute atomic E-state index is 0.0959. The molecule has 0 aromatic carbocycles. The zero-order valence-electron chi connectivity index (χ0n) is 9.29. The van der Waals surface area contributed by atoms with Gasteiger partial charge in [0.25, 0.3) is 0 Å². The molecule has 18 heavy (non-hydrogen) atoms. The van der Waals surface area contributed by atoms with Crippen LogP contribution in [0.5, 0.6) is 0 Å². The van der Waals surface area contributed by atoms with E-state index in [2.05, 4.69) is 9.72 Å². The van der Waals surface area contributed by atoms with Crippen LogP contribution in [0.3, 0.4) is 0 Å². The van der Waals surface area contributed by atoms with Crippen LogP contribution >= 0.6 is 0 Å². The second kappa shape index (κ2) is 4.26. The zero-order valence-corrected chi connectivity index (χ0v) is 9.29. The first kappa shape index (κ1) is 12.9. The van der Waals surface area contributed by atoms with Crippen LogP contribution in [0, 0.1) is 0 Å². The summed E-state index contributed by atoms with van der Waals surface area (Å²) in [6, 6.07) is 1.17. The third kappa shape index (κ3) is 1.85. The van der Waals surface area contributed by atoms with Gasteiger partial charge in [-0.2, -0.15) is 13.8 Å². The lowest BCUT2D eigenvalue weighted by atomic mass is 10.2. The second-order valence-electron chi connectivity index (χ2n) is 3.75. The van der Waals surface area contributed by atoms with Gasteiger partial charge in [0.1, 0.15) is 5.82 Å². The molecule has 0 aliphatic carbocycles. The fourth-order valence-corrected chi connectivity index (χ4v) is 1.66. The van der Waals surface area contributed by atoms with Crippen molar-refractivity contribution in [3.8, 4) is 0 Å². The van der Waals surface area contributed by atoms with Gasteiger partial charge in [0, 0.05) is 13.3 Å². The predicted molar refractivity (Wildman–Crippen MR) is 54.8 cm³/mol. The Kier molecular flexibility index (Phi) is 3.05. The zero-order chi connectivity index (χ0) is 13.5. The van der Waals surface area contributed by atoms with Crippen LogP contribution in [-0.2, 0) is 9.47 Å². The largest absolute Gasteiger partial charge is 0.383 e. The quantitative estimate of drug-likeness (QED) is 0.733. The Balaban J connectivity index is 2.42. The summed E-state index contributed by atoms with van der Waals surface area (Å²) in [6.07, 6.45) is -4.65. The third-order valence-corrected chi connectivity index (χ3v) is 2.58. The van der Waals surface area contributed by atoms with Crippen molar-refractivity contribution in [2.45, 2.75) is 24.5 Å². The molecule has 3 unspecified atom stereocenters. The summed E-state index contributed by atoms with van der Waals surface area (Å²) in [5.74, 6) is -3.77. The van der Waals surface area contributed by atoms with E-state index < -0.39 is 30.2 Å². The number of ether oxygens (including phenoxy) is 2. The highest BCUT2D eigenvalue weighted by molar-refractivity contribution is 5.23. The van der Waals surface area contributed by atoms with E-state index >= 15 is 0 Å². The topological polar surface area (TPSA) is 99.6 Å². The number of aliphatic hydroxyl groups excluding tert-OH is 1. The molecular formula is C9H11F2N3O4. The lowest BCUT2D eigenvalue weighted by Crippen LogP contribution is -2.41. The average Bonchev–Trinajstić information content (AvgIpc) is 2.52. The summed E-state index contributed by atoms with van der Waals surface area (Å²) >= 11 is 0. The number of halogens is 2. The lowest BCUT2D eigenvalue weighted by Gasteiger charge is -2.20. The SMILES string of the molecule is COC1OC(n2ccc(N)nc2=O)C(F)(F)C1O. The van der Waals surface area contributed by atoms with Crippen molar-refractivity contribution in [1.82, 2.24) is 9.55 Å². The number of nitrogen functional groups attached to an aromatic ring is 1. The Labute approximate surface area is 99.8 Å². The van der Waals surface area contributed by atoms with E-state index in [1.54, 1.807) is 0 Å². The van der Waals surface area contributed by atoms with Gasteiger partial charge in [0.2, 0.25) is 6.23 Å². The number of anilines is 1. The summed E-state index contributed by atoms with van der Waals surface area (Å²) in [5.41, 5.74) is 4.25. The fourth-order valence-electron chi connectivity index (χ4n) is 1.66. The highest BCUT2D eigenvalue weighted by Gasteiger charge is 2.60. The van der Waals surface area contributed by atoms with Crippen LogP contribution in [0.15, 0.2) is 17.1 Å². The van der Waals surface area contributed by atoms with Gasteiger partial charge in [-0.3, -0.25) is 4.57 Å². The first-order valence-electron chi connectivity index (χ1n) is 4.96. The van der Waals surface area contributed by atoms with E-state index in [0.717, 1.165) is 13.3 Å². The molecule has 2 heterocycles. The molecule has 1 fully saturated rings. The van der Waals surface area contributed by atoms with E-state index in [4.69, 9.17) is 10.5 Å². The van der Waals surface area contributed by atoms with Crippen molar-refractivity contribution in [1.29, 1.82) is 0 Å². The van der Waals surface area contributed by atoms with E-state index in [0.29, 0.717) is 4.57 Å². The normalized spacial score (nSPS) is 30.6. The Morgan fingerprint density at radius 2 is 2.33 bits per heavy atom. The number of rotatable bonds is 2. The van der Waals surface area contributed by atoms with Gasteiger partial charge < -0.3 is 20.3 Å². The average molecular weight is 263 g/mol. The smallest absolute Gasteiger partial charge is 0.351 e. The number of methoxy groups -OCH3 is 1. The van der Waals surface area contributed by atoms with Gasteiger partial charge in [-0.1, -0.05) is 0 Å². The minimum atomic E-state index is -3.68. The molecule has 2 rings (SSSR count). The van der Waals surface area contributed by atoms with E-state index in [9.17, 15) is 18.7 Å². The van der Waals surface area contributed by atoms with Crippen molar-refractivity contribution < 1.29 is 23.4 Å². The number of aromatic nitrogens is 2. The highest BCUT2D eigenvalue weighted by atomic mass is 19.3. The highest BCUT2D eigenvalue weighted by Crippen LogP contribution is 2.42. The molecule has 0 bridgehead atoms. The summed E-state index contributed by atoms with van der Waals surface area (Å²) in [5, 5.41) is 9.33. The fraction of sp³-hybridized carbons (Fsp3) is 0.556. The minimum Gasteiger partial charge on any atom is -0.383 e. The first-order valence-corrected chi connectivity index (χ1v) is 4.96. The van der Waals surface area contributed by atoms with Gasteiger partial charge in [-0.05, 0) is 6.07 Å². The third-order valence-electron chi connectivity index (χ3n) is 2.58.